The molecule has 6 nitrogen and oxygen atoms in total. The van der Waals surface area contributed by atoms with Crippen LogP contribution in [0.4, 0.5) is 9.18 Å². The van der Waals surface area contributed by atoms with Gasteiger partial charge in [0.1, 0.15) is 18.4 Å². The largest absolute Gasteiger partial charge is 0.493 e. The number of hydrogen-bond acceptors (Lipinski definition) is 3. The molecule has 0 radical (unpaired) electrons. The maximum Gasteiger partial charge on any atom is 0.315 e. The van der Waals surface area contributed by atoms with E-state index in [9.17, 15) is 9.18 Å². The van der Waals surface area contributed by atoms with Crippen molar-refractivity contribution in [3.8, 4) is 11.5 Å². The van der Waals surface area contributed by atoms with Gasteiger partial charge in [0.2, 0.25) is 0 Å². The molecule has 0 aliphatic carbocycles. The molecule has 1 aliphatic rings. The van der Waals surface area contributed by atoms with E-state index in [2.05, 4.69) is 10.6 Å². The summed E-state index contributed by atoms with van der Waals surface area (Å²) in [5, 5.41) is 5.96. The minimum absolute atomic E-state index is 0.0597. The molecule has 1 heterocycles. The van der Waals surface area contributed by atoms with E-state index in [1.807, 2.05) is 38.1 Å². The molecule has 2 aromatic carbocycles. The third kappa shape index (κ3) is 5.28. The number of fused-ring (bicyclic) bond motifs is 1. The SMILES string of the molecule is CCCNC(=O)N[C@H](C)[C@@H]1c2cc(OC)c(OC)cc2CC[NH+]1Cc1ccccc1F. The Hall–Kier alpha value is -2.80. The Bertz CT molecular complexity index is 906. The predicted molar refractivity (Wildman–Crippen MR) is 118 cm³/mol. The van der Waals surface area contributed by atoms with Gasteiger partial charge in [-0.05, 0) is 37.1 Å². The second-order valence-electron chi connectivity index (χ2n) is 8.00. The van der Waals surface area contributed by atoms with Crippen LogP contribution in [0.2, 0.25) is 0 Å². The maximum absolute atomic E-state index is 14.4. The zero-order valence-electron chi connectivity index (χ0n) is 18.8. The van der Waals surface area contributed by atoms with Crippen LogP contribution in [0.3, 0.4) is 0 Å². The molecule has 0 spiro atoms. The summed E-state index contributed by atoms with van der Waals surface area (Å²) in [5.41, 5.74) is 2.94. The van der Waals surface area contributed by atoms with Crippen molar-refractivity contribution < 1.29 is 23.6 Å². The van der Waals surface area contributed by atoms with Crippen LogP contribution in [0, 0.1) is 5.82 Å². The number of hydrogen-bond donors (Lipinski definition) is 3. The van der Waals surface area contributed by atoms with Gasteiger partial charge in [-0.1, -0.05) is 25.1 Å². The molecule has 2 amide bonds. The lowest BCUT2D eigenvalue weighted by Crippen LogP contribution is -3.13. The molecule has 3 N–H and O–H groups in total. The molecule has 1 unspecified atom stereocenters. The third-order valence-electron chi connectivity index (χ3n) is 5.91. The zero-order chi connectivity index (χ0) is 22.4. The summed E-state index contributed by atoms with van der Waals surface area (Å²) in [6.07, 6.45) is 1.71. The molecule has 0 saturated carbocycles. The van der Waals surface area contributed by atoms with Gasteiger partial charge in [-0.15, -0.1) is 0 Å². The number of ether oxygens (including phenoxy) is 2. The van der Waals surface area contributed by atoms with Gasteiger partial charge in [0, 0.05) is 24.1 Å². The van der Waals surface area contributed by atoms with Gasteiger partial charge in [0.25, 0.3) is 0 Å². The monoisotopic (exact) mass is 430 g/mol. The molecule has 2 aromatic rings. The first kappa shape index (κ1) is 22.9. The summed E-state index contributed by atoms with van der Waals surface area (Å²) in [6.45, 7) is 6.00. The number of carbonyl (C=O) groups is 1. The van der Waals surface area contributed by atoms with Crippen molar-refractivity contribution in [3.05, 3.63) is 58.9 Å². The Morgan fingerprint density at radius 2 is 1.94 bits per heavy atom. The van der Waals surface area contributed by atoms with Gasteiger partial charge in [-0.2, -0.15) is 0 Å². The van der Waals surface area contributed by atoms with Crippen LogP contribution in [0.5, 0.6) is 11.5 Å². The molecular formula is C24H33FN3O3+. The predicted octanol–water partition coefficient (Wildman–Crippen LogP) is 2.62. The molecular weight excluding hydrogens is 397 g/mol. The van der Waals surface area contributed by atoms with E-state index in [-0.39, 0.29) is 23.9 Å². The van der Waals surface area contributed by atoms with Crippen LogP contribution >= 0.6 is 0 Å². The summed E-state index contributed by atoms with van der Waals surface area (Å²) in [6, 6.07) is 10.5. The van der Waals surface area contributed by atoms with Crippen molar-refractivity contribution in [3.63, 3.8) is 0 Å². The smallest absolute Gasteiger partial charge is 0.315 e. The second-order valence-corrected chi connectivity index (χ2v) is 8.00. The molecule has 3 atom stereocenters. The Balaban J connectivity index is 1.95. The zero-order valence-corrected chi connectivity index (χ0v) is 18.8. The van der Waals surface area contributed by atoms with Crippen LogP contribution in [0.25, 0.3) is 0 Å². The van der Waals surface area contributed by atoms with Gasteiger partial charge in [-0.3, -0.25) is 0 Å². The Kier molecular flexibility index (Phi) is 7.74. The lowest BCUT2D eigenvalue weighted by Gasteiger charge is -2.38. The van der Waals surface area contributed by atoms with E-state index in [1.54, 1.807) is 20.3 Å². The first-order chi connectivity index (χ1) is 15.0. The standard InChI is InChI=1S/C24H32FN3O3/c1-5-11-26-24(29)27-16(2)23-19-14-22(31-4)21(30-3)13-17(19)10-12-28(23)15-18-8-6-7-9-20(18)25/h6-9,13-14,16,23H,5,10-12,15H2,1-4H3,(H2,26,27,29)/p+1/t16-,23-/m1/s1. The van der Waals surface area contributed by atoms with Crippen molar-refractivity contribution in [2.24, 2.45) is 0 Å². The fourth-order valence-electron chi connectivity index (χ4n) is 4.40. The molecule has 0 bridgehead atoms. The average Bonchev–Trinajstić information content (AvgIpc) is 2.77. The fraction of sp³-hybridized carbons (Fsp3) is 0.458. The number of nitrogens with one attached hydrogen (secondary N) is 3. The minimum Gasteiger partial charge on any atom is -0.493 e. The molecule has 168 valence electrons. The summed E-state index contributed by atoms with van der Waals surface area (Å²) in [7, 11) is 3.24. The van der Waals surface area contributed by atoms with Gasteiger partial charge in [-0.25, -0.2) is 9.18 Å². The fourth-order valence-corrected chi connectivity index (χ4v) is 4.40. The maximum atomic E-state index is 14.4. The van der Waals surface area contributed by atoms with Crippen molar-refractivity contribution in [1.82, 2.24) is 10.6 Å². The Morgan fingerprint density at radius 3 is 2.61 bits per heavy atom. The van der Waals surface area contributed by atoms with Crippen LogP contribution in [0.15, 0.2) is 36.4 Å². The molecule has 3 rings (SSSR count). The highest BCUT2D eigenvalue weighted by Crippen LogP contribution is 2.35. The van der Waals surface area contributed by atoms with Crippen molar-refractivity contribution in [2.75, 3.05) is 27.3 Å². The topological polar surface area (TPSA) is 64.0 Å². The lowest BCUT2D eigenvalue weighted by molar-refractivity contribution is -0.948. The first-order valence-corrected chi connectivity index (χ1v) is 10.9. The summed E-state index contributed by atoms with van der Waals surface area (Å²) in [4.78, 5) is 13.6. The molecule has 31 heavy (non-hydrogen) atoms. The van der Waals surface area contributed by atoms with Crippen LogP contribution in [-0.4, -0.2) is 39.4 Å². The number of halogens is 1. The minimum atomic E-state index is -0.201. The summed E-state index contributed by atoms with van der Waals surface area (Å²) < 4.78 is 25.4. The molecule has 1 aliphatic heterocycles. The number of amides is 2. The molecule has 0 aromatic heterocycles. The Labute approximate surface area is 183 Å². The van der Waals surface area contributed by atoms with Crippen LogP contribution in [-0.2, 0) is 13.0 Å². The lowest BCUT2D eigenvalue weighted by atomic mass is 9.87. The third-order valence-corrected chi connectivity index (χ3v) is 5.91. The number of rotatable bonds is 8. The Morgan fingerprint density at radius 1 is 1.23 bits per heavy atom. The molecule has 0 fully saturated rings. The van der Waals surface area contributed by atoms with Gasteiger partial charge >= 0.3 is 6.03 Å². The van der Waals surface area contributed by atoms with E-state index in [1.165, 1.54) is 16.5 Å². The number of urea groups is 1. The highest BCUT2D eigenvalue weighted by molar-refractivity contribution is 5.74. The normalized spacial score (nSPS) is 18.6. The van der Waals surface area contributed by atoms with E-state index in [0.717, 1.165) is 24.9 Å². The van der Waals surface area contributed by atoms with Crippen LogP contribution in [0.1, 0.15) is 43.0 Å². The second kappa shape index (κ2) is 10.5. The summed E-state index contributed by atoms with van der Waals surface area (Å²) in [5.74, 6) is 1.15. The highest BCUT2D eigenvalue weighted by atomic mass is 19.1. The van der Waals surface area contributed by atoms with Gasteiger partial charge in [0.05, 0.1) is 26.8 Å². The average molecular weight is 431 g/mol. The number of benzene rings is 2. The summed E-state index contributed by atoms with van der Waals surface area (Å²) >= 11 is 0. The highest BCUT2D eigenvalue weighted by Gasteiger charge is 2.37. The van der Waals surface area contributed by atoms with E-state index in [4.69, 9.17) is 9.47 Å². The van der Waals surface area contributed by atoms with Crippen LogP contribution < -0.4 is 25.0 Å². The molecule has 7 heteroatoms. The molecule has 0 saturated heterocycles. The van der Waals surface area contributed by atoms with Gasteiger partial charge < -0.3 is 25.0 Å². The number of quaternary nitrogens is 1. The van der Waals surface area contributed by atoms with Crippen molar-refractivity contribution >= 4 is 6.03 Å². The first-order valence-electron chi connectivity index (χ1n) is 10.9. The number of methoxy groups -OCH3 is 2. The number of carbonyl (C=O) groups excluding carboxylic acids is 1. The van der Waals surface area contributed by atoms with Crippen molar-refractivity contribution in [2.45, 2.75) is 45.3 Å². The van der Waals surface area contributed by atoms with Gasteiger partial charge in [0.15, 0.2) is 11.5 Å². The van der Waals surface area contributed by atoms with E-state index >= 15 is 0 Å². The van der Waals surface area contributed by atoms with E-state index in [0.29, 0.717) is 30.2 Å². The van der Waals surface area contributed by atoms with E-state index < -0.39 is 0 Å². The van der Waals surface area contributed by atoms with Crippen molar-refractivity contribution in [1.29, 1.82) is 0 Å². The quantitative estimate of drug-likeness (QED) is 0.603.